The van der Waals surface area contributed by atoms with E-state index in [1.165, 1.54) is 4.90 Å². The van der Waals surface area contributed by atoms with E-state index in [0.29, 0.717) is 37.3 Å². The smallest absolute Gasteiger partial charge is 0.274 e. The summed E-state index contributed by atoms with van der Waals surface area (Å²) in [6.45, 7) is 3.23. The molecule has 0 saturated carbocycles. The van der Waals surface area contributed by atoms with E-state index >= 15 is 0 Å². The van der Waals surface area contributed by atoms with Crippen LogP contribution in [0.1, 0.15) is 30.4 Å². The summed E-state index contributed by atoms with van der Waals surface area (Å²) >= 11 is 0. The molecule has 37 heavy (non-hydrogen) atoms. The van der Waals surface area contributed by atoms with E-state index in [1.54, 1.807) is 23.5 Å². The second-order valence-electron chi connectivity index (χ2n) is 9.46. The molecule has 2 amide bonds. The van der Waals surface area contributed by atoms with Crippen LogP contribution in [0.4, 0.5) is 11.4 Å². The van der Waals surface area contributed by atoms with Crippen molar-refractivity contribution < 1.29 is 18.9 Å². The number of rotatable bonds is 7. The predicted molar refractivity (Wildman–Crippen MR) is 139 cm³/mol. The van der Waals surface area contributed by atoms with Gasteiger partial charge in [0, 0.05) is 29.9 Å². The van der Waals surface area contributed by atoms with Crippen LogP contribution in [0.15, 0.2) is 65.4 Å². The average molecular weight is 504 g/mol. The number of para-hydroxylation sites is 1. The van der Waals surface area contributed by atoms with Crippen molar-refractivity contribution in [2.45, 2.75) is 38.6 Å². The number of fused-ring (bicyclic) bond motifs is 2. The molecule has 2 N–H and O–H groups in total. The topological polar surface area (TPSA) is 121 Å². The molecule has 192 valence electrons. The average Bonchev–Trinajstić information content (AvgIpc) is 3.50. The first-order chi connectivity index (χ1) is 17.9. The molecule has 5 rings (SSSR count). The molecule has 1 fully saturated rings. The number of hydrogen-bond acceptors (Lipinski definition) is 7. The molecule has 4 aliphatic rings. The summed E-state index contributed by atoms with van der Waals surface area (Å²) in [4.78, 5) is 41.1. The third kappa shape index (κ3) is 5.13. The second kappa shape index (κ2) is 10.3. The summed E-state index contributed by atoms with van der Waals surface area (Å²) < 4.78 is 5.24. The number of nitro groups is 1. The highest BCUT2D eigenvalue weighted by Crippen LogP contribution is 2.36. The Morgan fingerprint density at radius 3 is 2.81 bits per heavy atom. The van der Waals surface area contributed by atoms with Gasteiger partial charge >= 0.3 is 0 Å². The molecule has 10 heteroatoms. The molecule has 1 unspecified atom stereocenters. The maximum atomic E-state index is 13.8. The minimum absolute atomic E-state index is 0.0637. The molecule has 0 bridgehead atoms. The van der Waals surface area contributed by atoms with Crippen LogP contribution >= 0.6 is 0 Å². The van der Waals surface area contributed by atoms with Crippen molar-refractivity contribution in [3.05, 3.63) is 82.2 Å². The Morgan fingerprint density at radius 1 is 1.24 bits per heavy atom. The first-order valence-electron chi connectivity index (χ1n) is 12.4. The van der Waals surface area contributed by atoms with Crippen molar-refractivity contribution in [2.24, 2.45) is 0 Å². The number of benzene rings is 1. The Kier molecular flexibility index (Phi) is 6.80. The lowest BCUT2D eigenvalue weighted by Gasteiger charge is -2.28. The highest BCUT2D eigenvalue weighted by atomic mass is 16.6. The summed E-state index contributed by atoms with van der Waals surface area (Å²) in [5, 5.41) is 17.7. The maximum absolute atomic E-state index is 13.8. The number of likely N-dealkylation sites (tertiary alicyclic amines) is 1. The van der Waals surface area contributed by atoms with E-state index in [4.69, 9.17) is 4.42 Å². The minimum atomic E-state index is -0.769. The Balaban J connectivity index is 1.42. The van der Waals surface area contributed by atoms with Gasteiger partial charge in [-0.1, -0.05) is 18.2 Å². The van der Waals surface area contributed by atoms with Crippen molar-refractivity contribution in [3.8, 4) is 11.1 Å². The van der Waals surface area contributed by atoms with Crippen molar-refractivity contribution in [3.63, 3.8) is 0 Å². The third-order valence-electron chi connectivity index (χ3n) is 6.98. The van der Waals surface area contributed by atoms with Crippen LogP contribution in [0.3, 0.4) is 0 Å². The van der Waals surface area contributed by atoms with E-state index in [2.05, 4.69) is 10.6 Å². The highest BCUT2D eigenvalue weighted by molar-refractivity contribution is 6.03. The van der Waals surface area contributed by atoms with Gasteiger partial charge in [0.1, 0.15) is 12.6 Å². The van der Waals surface area contributed by atoms with E-state index in [9.17, 15) is 19.7 Å². The maximum Gasteiger partial charge on any atom is 0.274 e. The molecule has 1 atom stereocenters. The predicted octanol–water partition coefficient (Wildman–Crippen LogP) is 3.74. The van der Waals surface area contributed by atoms with Gasteiger partial charge in [-0.2, -0.15) is 0 Å². The first kappa shape index (κ1) is 24.4. The minimum Gasteiger partial charge on any atom is -0.472 e. The van der Waals surface area contributed by atoms with Crippen LogP contribution in [-0.2, 0) is 16.0 Å². The van der Waals surface area contributed by atoms with Gasteiger partial charge in [0.2, 0.25) is 11.8 Å². The molecule has 1 aromatic rings. The Labute approximate surface area is 214 Å². The van der Waals surface area contributed by atoms with Crippen LogP contribution < -0.4 is 15.5 Å². The van der Waals surface area contributed by atoms with Crippen LogP contribution in [0.5, 0.6) is 0 Å². The molecule has 1 aliphatic carbocycles. The van der Waals surface area contributed by atoms with Gasteiger partial charge in [0.05, 0.1) is 23.1 Å². The summed E-state index contributed by atoms with van der Waals surface area (Å²) in [5.74, 6) is -0.294. The first-order valence-corrected chi connectivity index (χ1v) is 12.4. The molecule has 1 aromatic carbocycles. The molecule has 3 aliphatic heterocycles. The highest BCUT2D eigenvalue weighted by Gasteiger charge is 2.34. The lowest BCUT2D eigenvalue weighted by atomic mass is 10.1. The lowest BCUT2D eigenvalue weighted by Crippen LogP contribution is -2.50. The van der Waals surface area contributed by atoms with Gasteiger partial charge < -0.3 is 24.9 Å². The SMILES string of the molecule is Cc1cc2coccc-2c1NC(=C[N+](=O)[O-])NC1CCc2ccccc2N(CC(=O)N2CCCC2)C1=O. The number of hydrogen-bond donors (Lipinski definition) is 2. The van der Waals surface area contributed by atoms with E-state index in [0.717, 1.165) is 41.3 Å². The van der Waals surface area contributed by atoms with E-state index in [-0.39, 0.29) is 24.2 Å². The molecule has 3 heterocycles. The van der Waals surface area contributed by atoms with Crippen LogP contribution in [-0.4, -0.2) is 47.3 Å². The Morgan fingerprint density at radius 2 is 2.03 bits per heavy atom. The molecular weight excluding hydrogens is 474 g/mol. The fraction of sp³-hybridized carbons (Fsp3) is 0.333. The number of anilines is 2. The normalized spacial score (nSPS) is 18.0. The van der Waals surface area contributed by atoms with E-state index in [1.807, 2.05) is 37.3 Å². The molecule has 10 nitrogen and oxygen atoms in total. The van der Waals surface area contributed by atoms with Crippen molar-refractivity contribution in [1.29, 1.82) is 0 Å². The second-order valence-corrected chi connectivity index (χ2v) is 9.46. The fourth-order valence-corrected chi connectivity index (χ4v) is 5.15. The molecule has 0 radical (unpaired) electrons. The summed E-state index contributed by atoms with van der Waals surface area (Å²) in [5.41, 5.74) is 4.94. The number of amides is 2. The lowest BCUT2D eigenvalue weighted by molar-refractivity contribution is -0.403. The number of nitrogens with zero attached hydrogens (tertiary/aromatic N) is 3. The van der Waals surface area contributed by atoms with Gasteiger partial charge in [-0.15, -0.1) is 0 Å². The molecule has 1 saturated heterocycles. The number of aryl methyl sites for hydroxylation is 2. The van der Waals surface area contributed by atoms with Crippen molar-refractivity contribution >= 4 is 23.2 Å². The zero-order valence-corrected chi connectivity index (χ0v) is 20.6. The largest absolute Gasteiger partial charge is 0.472 e. The fourth-order valence-electron chi connectivity index (χ4n) is 5.15. The monoisotopic (exact) mass is 503 g/mol. The van der Waals surface area contributed by atoms with Gasteiger partial charge in [-0.25, -0.2) is 0 Å². The Bertz CT molecular complexity index is 1330. The summed E-state index contributed by atoms with van der Waals surface area (Å²) in [6.07, 6.45) is 6.91. The van der Waals surface area contributed by atoms with Gasteiger partial charge in [-0.3, -0.25) is 19.7 Å². The number of nitrogens with one attached hydrogen (secondary N) is 2. The van der Waals surface area contributed by atoms with Crippen molar-refractivity contribution in [1.82, 2.24) is 10.2 Å². The number of carbonyl (C=O) groups excluding carboxylic acids is 2. The van der Waals surface area contributed by atoms with Crippen LogP contribution in [0, 0.1) is 17.0 Å². The standard InChI is InChI=1S/C27H29N5O5/c1-18-14-20-17-37-13-10-21(20)26(18)29-24(15-32(35)36)28-22-9-8-19-6-2-3-7-23(19)31(27(22)34)16-25(33)30-11-4-5-12-30/h2-3,6-7,10,13-15,17,22,28-29H,4-5,8-9,11-12,16H2,1H3. The van der Waals surface area contributed by atoms with Gasteiger partial charge in [-0.05, 0) is 61.9 Å². The quantitative estimate of drug-likeness (QED) is 0.372. The van der Waals surface area contributed by atoms with Gasteiger partial charge in [0.15, 0.2) is 5.82 Å². The molecule has 0 aromatic heterocycles. The zero-order valence-electron chi connectivity index (χ0n) is 20.6. The van der Waals surface area contributed by atoms with Gasteiger partial charge in [0.25, 0.3) is 6.20 Å². The molecular formula is C27H29N5O5. The Hall–Kier alpha value is -4.34. The van der Waals surface area contributed by atoms with Crippen LogP contribution in [0.2, 0.25) is 0 Å². The number of carbonyl (C=O) groups is 2. The summed E-state index contributed by atoms with van der Waals surface area (Å²) in [6, 6.07) is 10.5. The van der Waals surface area contributed by atoms with E-state index < -0.39 is 11.0 Å². The third-order valence-corrected chi connectivity index (χ3v) is 6.98. The molecule has 0 spiro atoms. The zero-order chi connectivity index (χ0) is 25.9. The summed E-state index contributed by atoms with van der Waals surface area (Å²) in [7, 11) is 0. The van der Waals surface area contributed by atoms with Crippen LogP contribution in [0.25, 0.3) is 11.1 Å². The van der Waals surface area contributed by atoms with Crippen molar-refractivity contribution in [2.75, 3.05) is 29.9 Å².